The van der Waals surface area contributed by atoms with Crippen molar-refractivity contribution in [3.63, 3.8) is 0 Å². The zero-order valence-electron chi connectivity index (χ0n) is 20.5. The Bertz CT molecular complexity index is 635. The number of ether oxygens (including phenoxy) is 1. The van der Waals surface area contributed by atoms with Gasteiger partial charge in [-0.25, -0.2) is 0 Å². The lowest BCUT2D eigenvalue weighted by atomic mass is 10.1. The molecule has 0 amide bonds. The first-order chi connectivity index (χ1) is 15.0. The molecule has 176 valence electrons. The second-order valence-electron chi connectivity index (χ2n) is 8.28. The Hall–Kier alpha value is -0.426. The standard InChI is InChI=1S/C25H43BrO3Si2/c1-7-30(8-2,9-3)28-24(19-16-20-26)25(29-31(10-4,11-5)12-6)22-27-21-23-17-14-13-15-18-23/h13-15,17-18,24-25H,7-12,19,21-22H2,1-6H3/t24-,25+/m0/s1. The first-order valence-electron chi connectivity index (χ1n) is 12.0. The maximum Gasteiger partial charge on any atom is 0.192 e. The summed E-state index contributed by atoms with van der Waals surface area (Å²) in [4.78, 5) is 2.89. The summed E-state index contributed by atoms with van der Waals surface area (Å²) in [5.74, 6) is 3.22. The van der Waals surface area contributed by atoms with Crippen molar-refractivity contribution in [3.8, 4) is 10.8 Å². The van der Waals surface area contributed by atoms with E-state index in [2.05, 4.69) is 92.5 Å². The fourth-order valence-corrected chi connectivity index (χ4v) is 10.0. The summed E-state index contributed by atoms with van der Waals surface area (Å²) in [6.07, 6.45) is 0.532. The minimum atomic E-state index is -1.82. The van der Waals surface area contributed by atoms with Crippen molar-refractivity contribution in [2.24, 2.45) is 0 Å². The fraction of sp³-hybridized carbons (Fsp3) is 0.680. The van der Waals surface area contributed by atoms with E-state index in [4.69, 9.17) is 13.6 Å². The molecule has 1 rings (SSSR count). The maximum absolute atomic E-state index is 6.99. The largest absolute Gasteiger partial charge is 0.410 e. The van der Waals surface area contributed by atoms with Gasteiger partial charge in [-0.1, -0.05) is 77.8 Å². The summed E-state index contributed by atoms with van der Waals surface area (Å²) >= 11 is 3.27. The average molecular weight is 528 g/mol. The molecule has 0 aromatic heterocycles. The van der Waals surface area contributed by atoms with Crippen LogP contribution in [0.5, 0.6) is 0 Å². The van der Waals surface area contributed by atoms with Crippen LogP contribution in [0.15, 0.2) is 30.3 Å². The molecule has 0 unspecified atom stereocenters. The highest BCUT2D eigenvalue weighted by Crippen LogP contribution is 2.30. The fourth-order valence-electron chi connectivity index (χ4n) is 4.11. The minimum absolute atomic E-state index is 0.0520. The van der Waals surface area contributed by atoms with Crippen LogP contribution in [-0.4, -0.2) is 35.4 Å². The molecular weight excluding hydrogens is 484 g/mol. The molecule has 0 saturated carbocycles. The van der Waals surface area contributed by atoms with Gasteiger partial charge in [0.05, 0.1) is 25.4 Å². The van der Waals surface area contributed by atoms with Gasteiger partial charge in [0.2, 0.25) is 0 Å². The lowest BCUT2D eigenvalue weighted by molar-refractivity contribution is -0.0263. The van der Waals surface area contributed by atoms with Crippen LogP contribution in [0.1, 0.15) is 53.5 Å². The van der Waals surface area contributed by atoms with Crippen LogP contribution < -0.4 is 0 Å². The third-order valence-electron chi connectivity index (χ3n) is 6.85. The summed E-state index contributed by atoms with van der Waals surface area (Å²) in [7, 11) is -3.63. The van der Waals surface area contributed by atoms with Crippen molar-refractivity contribution in [2.75, 3.05) is 6.61 Å². The smallest absolute Gasteiger partial charge is 0.192 e. The van der Waals surface area contributed by atoms with Gasteiger partial charge in [-0.2, -0.15) is 0 Å². The Balaban J connectivity index is 3.13. The number of benzene rings is 1. The number of rotatable bonds is 16. The molecule has 0 spiro atoms. The van der Waals surface area contributed by atoms with Crippen LogP contribution >= 0.6 is 15.9 Å². The molecule has 0 radical (unpaired) electrons. The summed E-state index contributed by atoms with van der Waals surface area (Å²) in [5.41, 5.74) is 1.18. The highest BCUT2D eigenvalue weighted by molar-refractivity contribution is 9.12. The van der Waals surface area contributed by atoms with Gasteiger partial charge in [-0.05, 0) is 46.7 Å². The van der Waals surface area contributed by atoms with Crippen molar-refractivity contribution in [1.29, 1.82) is 0 Å². The van der Waals surface area contributed by atoms with Gasteiger partial charge < -0.3 is 13.6 Å². The molecule has 0 aliphatic heterocycles. The van der Waals surface area contributed by atoms with Crippen LogP contribution in [0.4, 0.5) is 0 Å². The molecule has 0 bridgehead atoms. The van der Waals surface area contributed by atoms with Crippen LogP contribution in [0.25, 0.3) is 0 Å². The number of halogens is 1. The van der Waals surface area contributed by atoms with Crippen molar-refractivity contribution >= 4 is 32.6 Å². The highest BCUT2D eigenvalue weighted by Gasteiger charge is 2.39. The van der Waals surface area contributed by atoms with Gasteiger partial charge >= 0.3 is 0 Å². The zero-order valence-corrected chi connectivity index (χ0v) is 24.1. The van der Waals surface area contributed by atoms with Crippen molar-refractivity contribution in [2.45, 2.75) is 103 Å². The Kier molecular flexibility index (Phi) is 14.2. The molecule has 0 saturated heterocycles. The molecule has 6 heteroatoms. The van der Waals surface area contributed by atoms with Crippen molar-refractivity contribution in [3.05, 3.63) is 35.9 Å². The molecule has 0 heterocycles. The van der Waals surface area contributed by atoms with Gasteiger partial charge in [0.15, 0.2) is 16.6 Å². The van der Waals surface area contributed by atoms with E-state index in [0.29, 0.717) is 19.6 Å². The van der Waals surface area contributed by atoms with Crippen LogP contribution in [-0.2, 0) is 20.2 Å². The normalized spacial score (nSPS) is 14.0. The zero-order chi connectivity index (χ0) is 23.2. The van der Waals surface area contributed by atoms with E-state index in [1.54, 1.807) is 0 Å². The van der Waals surface area contributed by atoms with E-state index in [9.17, 15) is 0 Å². The quantitative estimate of drug-likeness (QED) is 0.163. The van der Waals surface area contributed by atoms with E-state index in [1.807, 2.05) is 6.07 Å². The van der Waals surface area contributed by atoms with Gasteiger partial charge in [0.25, 0.3) is 0 Å². The summed E-state index contributed by atoms with van der Waals surface area (Å²) in [6.45, 7) is 14.8. The Labute approximate surface area is 202 Å². The minimum Gasteiger partial charge on any atom is -0.410 e. The topological polar surface area (TPSA) is 27.7 Å². The summed E-state index contributed by atoms with van der Waals surface area (Å²) < 4.78 is 20.2. The SMILES string of the molecule is CC[Si](CC)(CC)O[C@@H](CC#CBr)[C@@H](COCc1ccccc1)O[Si](CC)(CC)CC. The van der Waals surface area contributed by atoms with Gasteiger partial charge in [0, 0.05) is 22.4 Å². The monoisotopic (exact) mass is 526 g/mol. The first kappa shape index (κ1) is 28.6. The van der Waals surface area contributed by atoms with Crippen LogP contribution in [0.3, 0.4) is 0 Å². The number of hydrogen-bond acceptors (Lipinski definition) is 3. The lowest BCUT2D eigenvalue weighted by Crippen LogP contribution is -2.51. The molecule has 31 heavy (non-hydrogen) atoms. The summed E-state index contributed by atoms with van der Waals surface area (Å²) in [5, 5.41) is 0. The second kappa shape index (κ2) is 15.4. The molecule has 1 aromatic carbocycles. The molecule has 2 atom stereocenters. The van der Waals surface area contributed by atoms with Gasteiger partial charge in [-0.3, -0.25) is 0 Å². The molecule has 0 N–H and O–H groups in total. The third kappa shape index (κ3) is 9.15. The highest BCUT2D eigenvalue weighted by atomic mass is 79.9. The Morgan fingerprint density at radius 3 is 1.71 bits per heavy atom. The lowest BCUT2D eigenvalue weighted by Gasteiger charge is -2.40. The first-order valence-corrected chi connectivity index (χ1v) is 17.9. The molecule has 3 nitrogen and oxygen atoms in total. The van der Waals surface area contributed by atoms with E-state index in [-0.39, 0.29) is 12.2 Å². The Morgan fingerprint density at radius 2 is 1.26 bits per heavy atom. The van der Waals surface area contributed by atoms with E-state index in [1.165, 1.54) is 5.56 Å². The summed E-state index contributed by atoms with van der Waals surface area (Å²) in [6, 6.07) is 17.0. The van der Waals surface area contributed by atoms with Crippen LogP contribution in [0.2, 0.25) is 36.3 Å². The van der Waals surface area contributed by atoms with E-state index < -0.39 is 16.6 Å². The predicted octanol–water partition coefficient (Wildman–Crippen LogP) is 7.73. The maximum atomic E-state index is 6.99. The molecule has 0 aliphatic rings. The van der Waals surface area contributed by atoms with E-state index >= 15 is 0 Å². The third-order valence-corrected chi connectivity index (χ3v) is 16.5. The Morgan fingerprint density at radius 1 is 0.774 bits per heavy atom. The molecule has 0 aliphatic carbocycles. The van der Waals surface area contributed by atoms with Crippen molar-refractivity contribution < 1.29 is 13.6 Å². The predicted molar refractivity (Wildman–Crippen MR) is 142 cm³/mol. The average Bonchev–Trinajstić information content (AvgIpc) is 2.83. The van der Waals surface area contributed by atoms with Crippen LogP contribution in [0, 0.1) is 10.8 Å². The van der Waals surface area contributed by atoms with E-state index in [0.717, 1.165) is 36.3 Å². The van der Waals surface area contributed by atoms with Gasteiger partial charge in [0.1, 0.15) is 0 Å². The molecule has 0 fully saturated rings. The number of hydrogen-bond donors (Lipinski definition) is 0. The van der Waals surface area contributed by atoms with Gasteiger partial charge in [-0.15, -0.1) is 0 Å². The second-order valence-corrected chi connectivity index (χ2v) is 18.1. The van der Waals surface area contributed by atoms with Crippen molar-refractivity contribution in [1.82, 2.24) is 0 Å². The molecular formula is C25H43BrO3Si2. The molecule has 1 aromatic rings.